The molecule has 0 fully saturated rings. The minimum absolute atomic E-state index is 0.105. The Morgan fingerprint density at radius 1 is 0.944 bits per heavy atom. The van der Waals surface area contributed by atoms with E-state index in [-0.39, 0.29) is 6.10 Å². The highest BCUT2D eigenvalue weighted by molar-refractivity contribution is 5.26. The van der Waals surface area contributed by atoms with Gasteiger partial charge >= 0.3 is 0 Å². The van der Waals surface area contributed by atoms with Crippen LogP contribution in [0.4, 0.5) is 0 Å². The van der Waals surface area contributed by atoms with Crippen molar-refractivity contribution in [2.24, 2.45) is 0 Å². The lowest BCUT2D eigenvalue weighted by Crippen LogP contribution is -2.00. The second-order valence-corrected chi connectivity index (χ2v) is 4.21. The molecule has 1 atom stereocenters. The van der Waals surface area contributed by atoms with Crippen LogP contribution in [0.5, 0.6) is 5.75 Å². The molecule has 0 heterocycles. The molecule has 2 heteroatoms. The van der Waals surface area contributed by atoms with Crippen LogP contribution < -0.4 is 4.74 Å². The summed E-state index contributed by atoms with van der Waals surface area (Å²) in [6.45, 7) is 2.68. The van der Waals surface area contributed by atoms with E-state index >= 15 is 0 Å². The van der Waals surface area contributed by atoms with Gasteiger partial charge in [-0.2, -0.15) is 0 Å². The molecule has 0 radical (unpaired) electrons. The molecule has 0 aromatic heterocycles. The summed E-state index contributed by atoms with van der Waals surface area (Å²) in [5.74, 6) is 0.870. The Bertz CT molecular complexity index is 462. The molecule has 0 spiro atoms. The highest BCUT2D eigenvalue weighted by Crippen LogP contribution is 2.19. The molecule has 0 amide bonds. The molecule has 0 saturated carbocycles. The fourth-order valence-electron chi connectivity index (χ4n) is 1.76. The van der Waals surface area contributed by atoms with Gasteiger partial charge in [0, 0.05) is 0 Å². The summed E-state index contributed by atoms with van der Waals surface area (Å²) in [7, 11) is 1.67. The summed E-state index contributed by atoms with van der Waals surface area (Å²) in [5, 5.41) is 0. The van der Waals surface area contributed by atoms with Crippen LogP contribution in [0.2, 0.25) is 0 Å². The molecule has 0 bridgehead atoms. The van der Waals surface area contributed by atoms with Crippen LogP contribution in [0, 0.1) is 0 Å². The Kier molecular flexibility index (Phi) is 4.37. The first-order valence-electron chi connectivity index (χ1n) is 6.09. The van der Waals surface area contributed by atoms with E-state index in [1.165, 1.54) is 5.56 Å². The largest absolute Gasteiger partial charge is 0.497 e. The molecule has 1 unspecified atom stereocenters. The SMILES string of the molecule is COc1ccc(COC(C)c2ccccc2)cc1. The molecule has 0 aliphatic carbocycles. The Morgan fingerprint density at radius 2 is 1.61 bits per heavy atom. The topological polar surface area (TPSA) is 18.5 Å². The van der Waals surface area contributed by atoms with Crippen LogP contribution in [0.15, 0.2) is 54.6 Å². The quantitative estimate of drug-likeness (QED) is 0.789. The molecule has 2 aromatic carbocycles. The summed E-state index contributed by atoms with van der Waals surface area (Å²) >= 11 is 0. The van der Waals surface area contributed by atoms with Crippen LogP contribution >= 0.6 is 0 Å². The van der Waals surface area contributed by atoms with Gasteiger partial charge in [0.2, 0.25) is 0 Å². The summed E-state index contributed by atoms with van der Waals surface area (Å²) in [6, 6.07) is 18.2. The van der Waals surface area contributed by atoms with E-state index in [2.05, 4.69) is 19.1 Å². The molecular weight excluding hydrogens is 224 g/mol. The minimum atomic E-state index is 0.105. The third-order valence-corrected chi connectivity index (χ3v) is 2.93. The zero-order chi connectivity index (χ0) is 12.8. The van der Waals surface area contributed by atoms with E-state index in [0.717, 1.165) is 11.3 Å². The van der Waals surface area contributed by atoms with Crippen LogP contribution in [0.25, 0.3) is 0 Å². The van der Waals surface area contributed by atoms with Crippen molar-refractivity contribution in [1.29, 1.82) is 0 Å². The van der Waals surface area contributed by atoms with Crippen molar-refractivity contribution >= 4 is 0 Å². The Hall–Kier alpha value is -1.80. The van der Waals surface area contributed by atoms with E-state index in [1.54, 1.807) is 7.11 Å². The fraction of sp³-hybridized carbons (Fsp3) is 0.250. The van der Waals surface area contributed by atoms with Gasteiger partial charge in [-0.25, -0.2) is 0 Å². The molecule has 0 aliphatic heterocycles. The van der Waals surface area contributed by atoms with Gasteiger partial charge in [-0.3, -0.25) is 0 Å². The van der Waals surface area contributed by atoms with E-state index in [9.17, 15) is 0 Å². The van der Waals surface area contributed by atoms with Gasteiger partial charge in [-0.1, -0.05) is 42.5 Å². The highest BCUT2D eigenvalue weighted by Gasteiger charge is 2.05. The predicted octanol–water partition coefficient (Wildman–Crippen LogP) is 3.97. The number of rotatable bonds is 5. The second-order valence-electron chi connectivity index (χ2n) is 4.21. The molecule has 2 rings (SSSR count). The summed E-state index contributed by atoms with van der Waals surface area (Å²) in [5.41, 5.74) is 2.35. The average Bonchev–Trinajstić information content (AvgIpc) is 2.46. The number of benzene rings is 2. The molecule has 0 aliphatic rings. The maximum Gasteiger partial charge on any atom is 0.118 e. The van der Waals surface area contributed by atoms with E-state index in [1.807, 2.05) is 42.5 Å². The maximum absolute atomic E-state index is 5.85. The lowest BCUT2D eigenvalue weighted by Gasteiger charge is -2.13. The zero-order valence-corrected chi connectivity index (χ0v) is 10.8. The van der Waals surface area contributed by atoms with E-state index < -0.39 is 0 Å². The maximum atomic E-state index is 5.85. The zero-order valence-electron chi connectivity index (χ0n) is 10.8. The summed E-state index contributed by atoms with van der Waals surface area (Å²) < 4.78 is 11.0. The van der Waals surface area contributed by atoms with Crippen molar-refractivity contribution < 1.29 is 9.47 Å². The van der Waals surface area contributed by atoms with Crippen LogP contribution in [0.1, 0.15) is 24.2 Å². The van der Waals surface area contributed by atoms with Crippen molar-refractivity contribution in [3.05, 3.63) is 65.7 Å². The molecule has 2 nitrogen and oxygen atoms in total. The highest BCUT2D eigenvalue weighted by atomic mass is 16.5. The van der Waals surface area contributed by atoms with Crippen LogP contribution in [-0.4, -0.2) is 7.11 Å². The summed E-state index contributed by atoms with van der Waals surface area (Å²) in [4.78, 5) is 0. The first-order valence-corrected chi connectivity index (χ1v) is 6.09. The van der Waals surface area contributed by atoms with Gasteiger partial charge in [0.25, 0.3) is 0 Å². The first-order chi connectivity index (χ1) is 8.79. The number of hydrogen-bond donors (Lipinski definition) is 0. The van der Waals surface area contributed by atoms with Crippen molar-refractivity contribution in [2.75, 3.05) is 7.11 Å². The van der Waals surface area contributed by atoms with Crippen molar-refractivity contribution in [2.45, 2.75) is 19.6 Å². The molecule has 2 aromatic rings. The van der Waals surface area contributed by atoms with Gasteiger partial charge < -0.3 is 9.47 Å². The van der Waals surface area contributed by atoms with E-state index in [4.69, 9.17) is 9.47 Å². The van der Waals surface area contributed by atoms with Gasteiger partial charge in [0.05, 0.1) is 19.8 Å². The smallest absolute Gasteiger partial charge is 0.118 e. The number of methoxy groups -OCH3 is 1. The van der Waals surface area contributed by atoms with Gasteiger partial charge in [-0.05, 0) is 30.2 Å². The van der Waals surface area contributed by atoms with Crippen LogP contribution in [-0.2, 0) is 11.3 Å². The van der Waals surface area contributed by atoms with Gasteiger partial charge in [0.15, 0.2) is 0 Å². The Labute approximate surface area is 108 Å². The van der Waals surface area contributed by atoms with Crippen molar-refractivity contribution in [3.63, 3.8) is 0 Å². The van der Waals surface area contributed by atoms with Crippen molar-refractivity contribution in [1.82, 2.24) is 0 Å². The van der Waals surface area contributed by atoms with E-state index in [0.29, 0.717) is 6.61 Å². The van der Waals surface area contributed by atoms with Crippen molar-refractivity contribution in [3.8, 4) is 5.75 Å². The lowest BCUT2D eigenvalue weighted by molar-refractivity contribution is 0.0525. The third kappa shape index (κ3) is 3.34. The third-order valence-electron chi connectivity index (χ3n) is 2.93. The molecule has 18 heavy (non-hydrogen) atoms. The molecule has 0 saturated heterocycles. The lowest BCUT2D eigenvalue weighted by atomic mass is 10.1. The van der Waals surface area contributed by atoms with Crippen LogP contribution in [0.3, 0.4) is 0 Å². The van der Waals surface area contributed by atoms with Gasteiger partial charge in [0.1, 0.15) is 5.75 Å². The normalized spacial score (nSPS) is 12.1. The Morgan fingerprint density at radius 3 is 2.22 bits per heavy atom. The number of ether oxygens (including phenoxy) is 2. The molecular formula is C16H18O2. The summed E-state index contributed by atoms with van der Waals surface area (Å²) in [6.07, 6.45) is 0.105. The minimum Gasteiger partial charge on any atom is -0.497 e. The standard InChI is InChI=1S/C16H18O2/c1-13(15-6-4-3-5-7-15)18-12-14-8-10-16(17-2)11-9-14/h3-11,13H,12H2,1-2H3. The predicted molar refractivity (Wildman–Crippen MR) is 72.6 cm³/mol. The second kappa shape index (κ2) is 6.22. The fourth-order valence-corrected chi connectivity index (χ4v) is 1.76. The first kappa shape index (κ1) is 12.7. The molecule has 94 valence electrons. The average molecular weight is 242 g/mol. The Balaban J connectivity index is 1.91. The van der Waals surface area contributed by atoms with Gasteiger partial charge in [-0.15, -0.1) is 0 Å². The molecule has 0 N–H and O–H groups in total. The number of hydrogen-bond acceptors (Lipinski definition) is 2. The monoisotopic (exact) mass is 242 g/mol.